The average molecular weight is 317 g/mol. The first kappa shape index (κ1) is 16.5. The van der Waals surface area contributed by atoms with Crippen molar-refractivity contribution in [2.24, 2.45) is 7.05 Å². The molecule has 0 saturated heterocycles. The lowest BCUT2D eigenvalue weighted by atomic mass is 10.2. The third kappa shape index (κ3) is 3.88. The number of rotatable bonds is 5. The summed E-state index contributed by atoms with van der Waals surface area (Å²) < 4.78 is 11.5. The van der Waals surface area contributed by atoms with Gasteiger partial charge in [0.05, 0.1) is 18.5 Å². The van der Waals surface area contributed by atoms with E-state index in [1.807, 2.05) is 25.1 Å². The van der Waals surface area contributed by atoms with Gasteiger partial charge >= 0.3 is 5.97 Å². The number of nitrogens with zero attached hydrogens (tertiary/aromatic N) is 2. The van der Waals surface area contributed by atoms with Crippen LogP contribution in [0.15, 0.2) is 24.3 Å². The van der Waals surface area contributed by atoms with Crippen LogP contribution in [-0.2, 0) is 16.6 Å². The second kappa shape index (κ2) is 6.95. The number of hydrogen-bond donors (Lipinski definition) is 1. The van der Waals surface area contributed by atoms with Gasteiger partial charge in [-0.25, -0.2) is 4.79 Å². The Kier molecular flexibility index (Phi) is 5.00. The molecule has 1 amide bonds. The van der Waals surface area contributed by atoms with Gasteiger partial charge in [-0.3, -0.25) is 9.48 Å². The number of ether oxygens (including phenoxy) is 2. The van der Waals surface area contributed by atoms with E-state index in [4.69, 9.17) is 9.47 Å². The molecule has 0 unspecified atom stereocenters. The Bertz CT molecular complexity index is 737. The summed E-state index contributed by atoms with van der Waals surface area (Å²) in [6.07, 6.45) is 0. The van der Waals surface area contributed by atoms with Crippen LogP contribution < -0.4 is 10.1 Å². The first-order valence-corrected chi connectivity index (χ1v) is 7.03. The molecule has 1 aromatic carbocycles. The van der Waals surface area contributed by atoms with Crippen LogP contribution in [0.1, 0.15) is 21.7 Å². The van der Waals surface area contributed by atoms with Gasteiger partial charge in [0, 0.05) is 7.05 Å². The lowest BCUT2D eigenvalue weighted by Gasteiger charge is -2.09. The fourth-order valence-corrected chi connectivity index (χ4v) is 2.17. The second-order valence-electron chi connectivity index (χ2n) is 5.08. The SMILES string of the molecule is COC(=O)c1c(NC(=O)COc2cccc(C)c2)c(C)nn1C. The van der Waals surface area contributed by atoms with Crippen molar-refractivity contribution in [2.45, 2.75) is 13.8 Å². The number of amides is 1. The van der Waals surface area contributed by atoms with E-state index >= 15 is 0 Å². The number of methoxy groups -OCH3 is 1. The Morgan fingerprint density at radius 1 is 1.30 bits per heavy atom. The standard InChI is InChI=1S/C16H19N3O4/c1-10-6-5-7-12(8-10)23-9-13(20)17-14-11(2)18-19(3)15(14)16(21)22-4/h5-8H,9H2,1-4H3,(H,17,20). The number of benzene rings is 1. The van der Waals surface area contributed by atoms with E-state index < -0.39 is 5.97 Å². The average Bonchev–Trinajstić information content (AvgIpc) is 2.78. The molecule has 0 aliphatic rings. The minimum absolute atomic E-state index is 0.168. The van der Waals surface area contributed by atoms with Crippen LogP contribution in [0.4, 0.5) is 5.69 Å². The van der Waals surface area contributed by atoms with Gasteiger partial charge in [-0.2, -0.15) is 5.10 Å². The molecular weight excluding hydrogens is 298 g/mol. The van der Waals surface area contributed by atoms with E-state index in [0.717, 1.165) is 5.56 Å². The van der Waals surface area contributed by atoms with Gasteiger partial charge in [-0.05, 0) is 31.5 Å². The molecule has 7 nitrogen and oxygen atoms in total. The van der Waals surface area contributed by atoms with Gasteiger partial charge in [0.15, 0.2) is 12.3 Å². The first-order chi connectivity index (χ1) is 10.9. The van der Waals surface area contributed by atoms with Crippen LogP contribution in [0.5, 0.6) is 5.75 Å². The number of carbonyl (C=O) groups is 2. The predicted octanol–water partition coefficient (Wildman–Crippen LogP) is 1.84. The summed E-state index contributed by atoms with van der Waals surface area (Å²) in [5, 5.41) is 6.77. The molecule has 0 atom stereocenters. The number of nitrogens with one attached hydrogen (secondary N) is 1. The molecule has 0 spiro atoms. The highest BCUT2D eigenvalue weighted by atomic mass is 16.5. The molecule has 2 aromatic rings. The maximum Gasteiger partial charge on any atom is 0.358 e. The molecule has 0 aliphatic heterocycles. The molecule has 1 heterocycles. The zero-order chi connectivity index (χ0) is 17.0. The van der Waals surface area contributed by atoms with E-state index in [1.54, 1.807) is 20.0 Å². The van der Waals surface area contributed by atoms with Crippen LogP contribution in [0.3, 0.4) is 0 Å². The Balaban J connectivity index is 2.07. The monoisotopic (exact) mass is 317 g/mol. The van der Waals surface area contributed by atoms with Crippen molar-refractivity contribution >= 4 is 17.6 Å². The molecule has 7 heteroatoms. The van der Waals surface area contributed by atoms with E-state index in [9.17, 15) is 9.59 Å². The largest absolute Gasteiger partial charge is 0.484 e. The number of aromatic nitrogens is 2. The Morgan fingerprint density at radius 2 is 2.04 bits per heavy atom. The van der Waals surface area contributed by atoms with Crippen LogP contribution in [-0.4, -0.2) is 35.4 Å². The molecule has 122 valence electrons. The second-order valence-corrected chi connectivity index (χ2v) is 5.08. The summed E-state index contributed by atoms with van der Waals surface area (Å²) >= 11 is 0. The lowest BCUT2D eigenvalue weighted by Crippen LogP contribution is -2.22. The highest BCUT2D eigenvalue weighted by Gasteiger charge is 2.22. The summed E-state index contributed by atoms with van der Waals surface area (Å²) in [4.78, 5) is 23.9. The number of carbonyl (C=O) groups excluding carboxylic acids is 2. The summed E-state index contributed by atoms with van der Waals surface area (Å²) in [6.45, 7) is 3.47. The van der Waals surface area contributed by atoms with Crippen molar-refractivity contribution in [3.8, 4) is 5.75 Å². The summed E-state index contributed by atoms with van der Waals surface area (Å²) in [5.74, 6) is -0.341. The highest BCUT2D eigenvalue weighted by Crippen LogP contribution is 2.20. The quantitative estimate of drug-likeness (QED) is 0.851. The van der Waals surface area contributed by atoms with Crippen LogP contribution in [0, 0.1) is 13.8 Å². The van der Waals surface area contributed by atoms with Gasteiger partial charge in [-0.15, -0.1) is 0 Å². The first-order valence-electron chi connectivity index (χ1n) is 7.03. The Morgan fingerprint density at radius 3 is 2.70 bits per heavy atom. The van der Waals surface area contributed by atoms with Gasteiger partial charge in [0.25, 0.3) is 5.91 Å². The third-order valence-electron chi connectivity index (χ3n) is 3.22. The van der Waals surface area contributed by atoms with Crippen molar-refractivity contribution in [3.63, 3.8) is 0 Å². The summed E-state index contributed by atoms with van der Waals surface area (Å²) in [6, 6.07) is 7.40. The minimum atomic E-state index is -0.567. The van der Waals surface area contributed by atoms with Crippen LogP contribution in [0.2, 0.25) is 0 Å². The number of hydrogen-bond acceptors (Lipinski definition) is 5. The molecule has 1 N–H and O–H groups in total. The highest BCUT2D eigenvalue weighted by molar-refractivity contribution is 6.01. The summed E-state index contributed by atoms with van der Waals surface area (Å²) in [7, 11) is 2.88. The fraction of sp³-hybridized carbons (Fsp3) is 0.312. The van der Waals surface area contributed by atoms with E-state index in [2.05, 4.69) is 10.4 Å². The van der Waals surface area contributed by atoms with Crippen LogP contribution in [0.25, 0.3) is 0 Å². The van der Waals surface area contributed by atoms with E-state index in [1.165, 1.54) is 11.8 Å². The van der Waals surface area contributed by atoms with Crippen molar-refractivity contribution in [1.82, 2.24) is 9.78 Å². The van der Waals surface area contributed by atoms with Gasteiger partial charge in [0.1, 0.15) is 5.75 Å². The minimum Gasteiger partial charge on any atom is -0.484 e. The summed E-state index contributed by atoms with van der Waals surface area (Å²) in [5.41, 5.74) is 2.09. The Hall–Kier alpha value is -2.83. The molecule has 1 aromatic heterocycles. The molecule has 23 heavy (non-hydrogen) atoms. The maximum absolute atomic E-state index is 12.1. The fourth-order valence-electron chi connectivity index (χ4n) is 2.17. The molecular formula is C16H19N3O4. The normalized spacial score (nSPS) is 10.3. The van der Waals surface area contributed by atoms with Crippen LogP contribution >= 0.6 is 0 Å². The van der Waals surface area contributed by atoms with Crippen molar-refractivity contribution in [3.05, 3.63) is 41.2 Å². The van der Waals surface area contributed by atoms with Gasteiger partial charge in [0.2, 0.25) is 0 Å². The van der Waals surface area contributed by atoms with Gasteiger partial charge < -0.3 is 14.8 Å². The van der Waals surface area contributed by atoms with Crippen molar-refractivity contribution in [1.29, 1.82) is 0 Å². The molecule has 0 radical (unpaired) electrons. The smallest absolute Gasteiger partial charge is 0.358 e. The van der Waals surface area contributed by atoms with Crippen molar-refractivity contribution < 1.29 is 19.1 Å². The van der Waals surface area contributed by atoms with E-state index in [0.29, 0.717) is 17.1 Å². The number of aryl methyl sites for hydroxylation is 3. The molecule has 0 aliphatic carbocycles. The zero-order valence-electron chi connectivity index (χ0n) is 13.5. The Labute approximate surface area is 134 Å². The predicted molar refractivity (Wildman–Crippen MR) is 84.6 cm³/mol. The molecule has 0 bridgehead atoms. The topological polar surface area (TPSA) is 82.4 Å². The molecule has 2 rings (SSSR count). The third-order valence-corrected chi connectivity index (χ3v) is 3.22. The number of esters is 1. The number of anilines is 1. The van der Waals surface area contributed by atoms with Crippen molar-refractivity contribution in [2.75, 3.05) is 19.0 Å². The lowest BCUT2D eigenvalue weighted by molar-refractivity contribution is -0.118. The van der Waals surface area contributed by atoms with Gasteiger partial charge in [-0.1, -0.05) is 12.1 Å². The maximum atomic E-state index is 12.1. The molecule has 0 saturated carbocycles. The molecule has 0 fully saturated rings. The van der Waals surface area contributed by atoms with E-state index in [-0.39, 0.29) is 18.2 Å². The zero-order valence-corrected chi connectivity index (χ0v) is 13.5.